The summed E-state index contributed by atoms with van der Waals surface area (Å²) in [4.78, 5) is 12.3. The first kappa shape index (κ1) is 14.7. The van der Waals surface area contributed by atoms with Gasteiger partial charge in [-0.3, -0.25) is 4.79 Å². The molecule has 1 unspecified atom stereocenters. The number of allylic oxidation sites excluding steroid dienone is 1. The van der Waals surface area contributed by atoms with Crippen molar-refractivity contribution in [1.82, 2.24) is 0 Å². The molecule has 1 aromatic rings. The fraction of sp³-hybridized carbons (Fsp3) is 0.471. The first-order valence-electron chi connectivity index (χ1n) is 6.96. The molecule has 0 N–H and O–H groups in total. The summed E-state index contributed by atoms with van der Waals surface area (Å²) in [5, 5.41) is 0. The van der Waals surface area contributed by atoms with Crippen LogP contribution >= 0.6 is 0 Å². The smallest absolute Gasteiger partial charge is 0.161 e. The molecule has 0 aliphatic heterocycles. The quantitative estimate of drug-likeness (QED) is 0.625. The lowest BCUT2D eigenvalue weighted by Crippen LogP contribution is -2.14. The van der Waals surface area contributed by atoms with Crippen molar-refractivity contribution in [3.05, 3.63) is 41.5 Å². The molecule has 0 spiro atoms. The van der Waals surface area contributed by atoms with Crippen LogP contribution in [0.4, 0.5) is 0 Å². The molecule has 0 saturated carbocycles. The summed E-state index contributed by atoms with van der Waals surface area (Å²) in [6.45, 7) is 6.21. The fourth-order valence-corrected chi connectivity index (χ4v) is 2.16. The van der Waals surface area contributed by atoms with Gasteiger partial charge in [-0.15, -0.1) is 0 Å². The summed E-state index contributed by atoms with van der Waals surface area (Å²) in [7, 11) is 0. The van der Waals surface area contributed by atoms with E-state index >= 15 is 0 Å². The lowest BCUT2D eigenvalue weighted by molar-refractivity contribution is -0.119. The van der Waals surface area contributed by atoms with Gasteiger partial charge in [-0.1, -0.05) is 57.0 Å². The third kappa shape index (κ3) is 4.48. The van der Waals surface area contributed by atoms with E-state index in [1.165, 1.54) is 0 Å². The molecule has 1 atom stereocenters. The number of carbonyl (C=O) groups is 1. The van der Waals surface area contributed by atoms with Gasteiger partial charge < -0.3 is 0 Å². The van der Waals surface area contributed by atoms with Gasteiger partial charge in [-0.2, -0.15) is 0 Å². The molecule has 1 heteroatoms. The average molecular weight is 244 g/mol. The topological polar surface area (TPSA) is 17.1 Å². The van der Waals surface area contributed by atoms with Gasteiger partial charge in [-0.25, -0.2) is 0 Å². The largest absolute Gasteiger partial charge is 0.294 e. The number of rotatable bonds is 7. The summed E-state index contributed by atoms with van der Waals surface area (Å²) in [5.41, 5.74) is 1.98. The van der Waals surface area contributed by atoms with E-state index in [9.17, 15) is 4.79 Å². The number of Topliss-reactive ketones (excluding diaryl/α,β-unsaturated/α-hetero) is 1. The zero-order chi connectivity index (χ0) is 13.4. The van der Waals surface area contributed by atoms with Crippen LogP contribution in [0.15, 0.2) is 35.9 Å². The van der Waals surface area contributed by atoms with Gasteiger partial charge in [0.1, 0.15) is 0 Å². The van der Waals surface area contributed by atoms with E-state index in [0.29, 0.717) is 5.78 Å². The van der Waals surface area contributed by atoms with Crippen molar-refractivity contribution in [2.75, 3.05) is 0 Å². The lowest BCUT2D eigenvalue weighted by atomic mass is 9.90. The Labute approximate surface area is 111 Å². The Morgan fingerprint density at radius 2 is 1.89 bits per heavy atom. The number of hydrogen-bond donors (Lipinski definition) is 0. The summed E-state index contributed by atoms with van der Waals surface area (Å²) in [6, 6.07) is 10.0. The van der Waals surface area contributed by atoms with Crippen LogP contribution in [-0.4, -0.2) is 5.78 Å². The van der Waals surface area contributed by atoms with Crippen LogP contribution in [0.1, 0.15) is 52.0 Å². The molecule has 1 aromatic carbocycles. The third-order valence-electron chi connectivity index (χ3n) is 3.34. The minimum absolute atomic E-state index is 0.199. The SMILES string of the molecule is CCCCC(CC)C(=O)/C(C)=C/c1ccccc1. The maximum atomic E-state index is 12.3. The van der Waals surface area contributed by atoms with E-state index in [1.807, 2.05) is 43.3 Å². The van der Waals surface area contributed by atoms with E-state index in [2.05, 4.69) is 13.8 Å². The van der Waals surface area contributed by atoms with Crippen molar-refractivity contribution in [1.29, 1.82) is 0 Å². The second kappa shape index (κ2) is 7.86. The highest BCUT2D eigenvalue weighted by molar-refractivity contribution is 6.00. The minimum Gasteiger partial charge on any atom is -0.294 e. The average Bonchev–Trinajstić information content (AvgIpc) is 2.40. The Balaban J connectivity index is 2.73. The number of carbonyl (C=O) groups excluding carboxylic acids is 1. The summed E-state index contributed by atoms with van der Waals surface area (Å²) < 4.78 is 0. The molecule has 18 heavy (non-hydrogen) atoms. The summed E-state index contributed by atoms with van der Waals surface area (Å²) in [5.74, 6) is 0.514. The molecule has 0 aliphatic rings. The van der Waals surface area contributed by atoms with Gasteiger partial charge in [0.25, 0.3) is 0 Å². The number of hydrogen-bond acceptors (Lipinski definition) is 1. The molecule has 0 heterocycles. The molecule has 0 fully saturated rings. The zero-order valence-electron chi connectivity index (χ0n) is 11.8. The predicted octanol–water partition coefficient (Wildman–Crippen LogP) is 4.88. The molecule has 0 aliphatic carbocycles. The van der Waals surface area contributed by atoms with Gasteiger partial charge in [0.15, 0.2) is 5.78 Å². The van der Waals surface area contributed by atoms with Crippen LogP contribution in [0, 0.1) is 5.92 Å². The Morgan fingerprint density at radius 1 is 1.22 bits per heavy atom. The second-order valence-electron chi connectivity index (χ2n) is 4.85. The van der Waals surface area contributed by atoms with Crippen molar-refractivity contribution in [3.8, 4) is 0 Å². The second-order valence-corrected chi connectivity index (χ2v) is 4.85. The number of unbranched alkanes of at least 4 members (excludes halogenated alkanes) is 1. The van der Waals surface area contributed by atoms with Crippen molar-refractivity contribution in [2.24, 2.45) is 5.92 Å². The van der Waals surface area contributed by atoms with Crippen molar-refractivity contribution < 1.29 is 4.79 Å². The number of benzene rings is 1. The van der Waals surface area contributed by atoms with Gasteiger partial charge in [0.2, 0.25) is 0 Å². The monoisotopic (exact) mass is 244 g/mol. The third-order valence-corrected chi connectivity index (χ3v) is 3.34. The summed E-state index contributed by atoms with van der Waals surface area (Å²) in [6.07, 6.45) is 6.26. The van der Waals surface area contributed by atoms with Gasteiger partial charge >= 0.3 is 0 Å². The molecule has 1 nitrogen and oxygen atoms in total. The highest BCUT2D eigenvalue weighted by atomic mass is 16.1. The predicted molar refractivity (Wildman–Crippen MR) is 78.4 cm³/mol. The van der Waals surface area contributed by atoms with E-state index in [0.717, 1.165) is 36.8 Å². The molecule has 0 radical (unpaired) electrons. The fourth-order valence-electron chi connectivity index (χ4n) is 2.16. The van der Waals surface area contributed by atoms with Crippen molar-refractivity contribution in [2.45, 2.75) is 46.5 Å². The highest BCUT2D eigenvalue weighted by Gasteiger charge is 2.16. The highest BCUT2D eigenvalue weighted by Crippen LogP contribution is 2.19. The molecule has 1 rings (SSSR count). The van der Waals surface area contributed by atoms with Gasteiger partial charge in [-0.05, 0) is 37.0 Å². The van der Waals surface area contributed by atoms with Gasteiger partial charge in [0, 0.05) is 5.92 Å². The van der Waals surface area contributed by atoms with Crippen LogP contribution in [0.2, 0.25) is 0 Å². The summed E-state index contributed by atoms with van der Waals surface area (Å²) >= 11 is 0. The van der Waals surface area contributed by atoms with E-state index in [1.54, 1.807) is 0 Å². The molecule has 0 bridgehead atoms. The minimum atomic E-state index is 0.199. The van der Waals surface area contributed by atoms with Crippen LogP contribution in [0.5, 0.6) is 0 Å². The Morgan fingerprint density at radius 3 is 2.44 bits per heavy atom. The molecule has 0 aromatic heterocycles. The molecular weight excluding hydrogens is 220 g/mol. The first-order valence-corrected chi connectivity index (χ1v) is 6.96. The van der Waals surface area contributed by atoms with Crippen LogP contribution in [-0.2, 0) is 4.79 Å². The van der Waals surface area contributed by atoms with Crippen molar-refractivity contribution in [3.63, 3.8) is 0 Å². The molecular formula is C17H24O. The Hall–Kier alpha value is -1.37. The Kier molecular flexibility index (Phi) is 6.42. The standard InChI is InChI=1S/C17H24O/c1-4-6-12-16(5-2)17(18)14(3)13-15-10-8-7-9-11-15/h7-11,13,16H,4-6,12H2,1-3H3/b14-13+. The number of ketones is 1. The molecule has 98 valence electrons. The van der Waals surface area contributed by atoms with Crippen LogP contribution in [0.25, 0.3) is 6.08 Å². The van der Waals surface area contributed by atoms with E-state index in [4.69, 9.17) is 0 Å². The zero-order valence-corrected chi connectivity index (χ0v) is 11.8. The van der Waals surface area contributed by atoms with E-state index in [-0.39, 0.29) is 5.92 Å². The van der Waals surface area contributed by atoms with Crippen LogP contribution < -0.4 is 0 Å². The van der Waals surface area contributed by atoms with Gasteiger partial charge in [0.05, 0.1) is 0 Å². The van der Waals surface area contributed by atoms with Crippen molar-refractivity contribution >= 4 is 11.9 Å². The molecule has 0 amide bonds. The van der Waals surface area contributed by atoms with Crippen LogP contribution in [0.3, 0.4) is 0 Å². The van der Waals surface area contributed by atoms with E-state index < -0.39 is 0 Å². The normalized spacial score (nSPS) is 13.4. The maximum absolute atomic E-state index is 12.3. The Bertz CT molecular complexity index is 389. The molecule has 0 saturated heterocycles. The first-order chi connectivity index (χ1) is 8.69. The lowest BCUT2D eigenvalue weighted by Gasteiger charge is -2.13. The maximum Gasteiger partial charge on any atom is 0.161 e.